The maximum atomic E-state index is 12.7. The fourth-order valence-electron chi connectivity index (χ4n) is 2.85. The number of hydrogen-bond donors (Lipinski definition) is 1. The molecule has 1 aliphatic heterocycles. The van der Waals surface area contributed by atoms with Crippen LogP contribution in [-0.2, 0) is 6.54 Å². The Morgan fingerprint density at radius 2 is 1.87 bits per heavy atom. The van der Waals surface area contributed by atoms with Crippen molar-refractivity contribution >= 4 is 17.7 Å². The van der Waals surface area contributed by atoms with Crippen LogP contribution in [0, 0.1) is 0 Å². The van der Waals surface area contributed by atoms with E-state index >= 15 is 0 Å². The molecule has 0 aliphatic carbocycles. The molecule has 0 saturated carbocycles. The maximum Gasteiger partial charge on any atom is 0.335 e. The van der Waals surface area contributed by atoms with Gasteiger partial charge in [-0.05, 0) is 30.2 Å². The highest BCUT2D eigenvalue weighted by molar-refractivity contribution is 5.97. The Kier molecular flexibility index (Phi) is 3.78. The minimum absolute atomic E-state index is 0.0904. The van der Waals surface area contributed by atoms with Crippen molar-refractivity contribution in [1.29, 1.82) is 0 Å². The van der Waals surface area contributed by atoms with Gasteiger partial charge in [0.1, 0.15) is 0 Å². The lowest BCUT2D eigenvalue weighted by Gasteiger charge is -2.39. The van der Waals surface area contributed by atoms with Crippen LogP contribution in [0.5, 0.6) is 0 Å². The Labute approximate surface area is 134 Å². The van der Waals surface area contributed by atoms with E-state index in [-0.39, 0.29) is 17.6 Å². The summed E-state index contributed by atoms with van der Waals surface area (Å²) in [5, 5.41) is 9.23. The third-order valence-electron chi connectivity index (χ3n) is 4.32. The van der Waals surface area contributed by atoms with Crippen LogP contribution in [0.2, 0.25) is 0 Å². The number of benzene rings is 2. The van der Waals surface area contributed by atoms with Gasteiger partial charge < -0.3 is 10.0 Å². The second-order valence-electron chi connectivity index (χ2n) is 5.72. The number of carboxylic acid groups (broad SMARTS) is 1. The fourth-order valence-corrected chi connectivity index (χ4v) is 2.85. The zero-order chi connectivity index (χ0) is 16.6. The standard InChI is InChI=1S/C18H18N2O3/c1-12-15-9-8-14(17(21)22)10-16(15)20(18(23)19(12)2)11-13-6-4-3-5-7-13/h3-10,12H,11H2,1-2H3,(H,21,22)/t12-/m0/s1. The van der Waals surface area contributed by atoms with Gasteiger partial charge in [0.2, 0.25) is 0 Å². The Bertz CT molecular complexity index is 758. The smallest absolute Gasteiger partial charge is 0.335 e. The van der Waals surface area contributed by atoms with Crippen LogP contribution in [0.25, 0.3) is 0 Å². The van der Waals surface area contributed by atoms with Crippen LogP contribution in [0.1, 0.15) is 34.5 Å². The van der Waals surface area contributed by atoms with Gasteiger partial charge in [0, 0.05) is 7.05 Å². The van der Waals surface area contributed by atoms with Crippen molar-refractivity contribution in [3.05, 3.63) is 65.2 Å². The van der Waals surface area contributed by atoms with Crippen LogP contribution in [0.4, 0.5) is 10.5 Å². The molecule has 1 atom stereocenters. The number of carbonyl (C=O) groups is 2. The molecule has 2 aromatic rings. The average Bonchev–Trinajstić information content (AvgIpc) is 2.57. The molecular formula is C18H18N2O3. The quantitative estimate of drug-likeness (QED) is 0.943. The second kappa shape index (κ2) is 5.76. The van der Waals surface area contributed by atoms with Gasteiger partial charge in [-0.3, -0.25) is 4.90 Å². The molecule has 0 saturated heterocycles. The highest BCUT2D eigenvalue weighted by Gasteiger charge is 2.33. The summed E-state index contributed by atoms with van der Waals surface area (Å²) in [4.78, 5) is 27.3. The largest absolute Gasteiger partial charge is 0.478 e. The van der Waals surface area contributed by atoms with Crippen LogP contribution < -0.4 is 4.90 Å². The van der Waals surface area contributed by atoms with E-state index in [1.165, 1.54) is 0 Å². The van der Waals surface area contributed by atoms with E-state index in [1.54, 1.807) is 35.0 Å². The van der Waals surface area contributed by atoms with Crippen molar-refractivity contribution < 1.29 is 14.7 Å². The van der Waals surface area contributed by atoms with E-state index in [2.05, 4.69) is 0 Å². The van der Waals surface area contributed by atoms with Gasteiger partial charge in [-0.1, -0.05) is 36.4 Å². The molecule has 2 amide bonds. The Morgan fingerprint density at radius 3 is 2.52 bits per heavy atom. The van der Waals surface area contributed by atoms with E-state index in [4.69, 9.17) is 0 Å². The van der Waals surface area contributed by atoms with Crippen molar-refractivity contribution in [2.45, 2.75) is 19.5 Å². The minimum Gasteiger partial charge on any atom is -0.478 e. The third kappa shape index (κ3) is 2.65. The van der Waals surface area contributed by atoms with Crippen molar-refractivity contribution in [3.8, 4) is 0 Å². The van der Waals surface area contributed by atoms with Crippen LogP contribution >= 0.6 is 0 Å². The fraction of sp³-hybridized carbons (Fsp3) is 0.222. The van der Waals surface area contributed by atoms with Gasteiger partial charge in [0.25, 0.3) is 0 Å². The van der Waals surface area contributed by atoms with Crippen LogP contribution in [0.3, 0.4) is 0 Å². The number of hydrogen-bond acceptors (Lipinski definition) is 2. The number of aromatic carboxylic acids is 1. The number of amides is 2. The SMILES string of the molecule is C[C@H]1c2ccc(C(=O)O)cc2N(Cc2ccccc2)C(=O)N1C. The number of urea groups is 1. The first kappa shape index (κ1) is 15.1. The van der Waals surface area contributed by atoms with E-state index in [0.29, 0.717) is 12.2 Å². The van der Waals surface area contributed by atoms with E-state index in [1.807, 2.05) is 37.3 Å². The van der Waals surface area contributed by atoms with Gasteiger partial charge in [-0.2, -0.15) is 0 Å². The summed E-state index contributed by atoms with van der Waals surface area (Å²) in [5.74, 6) is -0.994. The number of nitrogens with zero attached hydrogens (tertiary/aromatic N) is 2. The molecule has 5 nitrogen and oxygen atoms in total. The molecule has 1 N–H and O–H groups in total. The number of anilines is 1. The highest BCUT2D eigenvalue weighted by Crippen LogP contribution is 2.37. The normalized spacial score (nSPS) is 17.1. The van der Waals surface area contributed by atoms with E-state index < -0.39 is 5.97 Å². The minimum atomic E-state index is -0.994. The lowest BCUT2D eigenvalue weighted by atomic mass is 9.98. The van der Waals surface area contributed by atoms with Gasteiger partial charge in [-0.25, -0.2) is 9.59 Å². The summed E-state index contributed by atoms with van der Waals surface area (Å²) < 4.78 is 0. The van der Waals surface area contributed by atoms with Gasteiger partial charge >= 0.3 is 12.0 Å². The van der Waals surface area contributed by atoms with Gasteiger partial charge in [0.15, 0.2) is 0 Å². The van der Waals surface area contributed by atoms with Crippen molar-refractivity contribution in [1.82, 2.24) is 4.90 Å². The van der Waals surface area contributed by atoms with Crippen molar-refractivity contribution in [2.24, 2.45) is 0 Å². The molecule has 1 heterocycles. The molecule has 0 aromatic heterocycles. The number of carbonyl (C=O) groups excluding carboxylic acids is 1. The zero-order valence-corrected chi connectivity index (χ0v) is 13.1. The Morgan fingerprint density at radius 1 is 1.17 bits per heavy atom. The Balaban J connectivity index is 2.08. The molecule has 0 spiro atoms. The van der Waals surface area contributed by atoms with Gasteiger partial charge in [0.05, 0.1) is 23.8 Å². The molecule has 23 heavy (non-hydrogen) atoms. The summed E-state index contributed by atoms with van der Waals surface area (Å²) in [6.07, 6.45) is 0. The van der Waals surface area contributed by atoms with E-state index in [0.717, 1.165) is 11.1 Å². The molecule has 0 fully saturated rings. The predicted molar refractivity (Wildman–Crippen MR) is 87.6 cm³/mol. The second-order valence-corrected chi connectivity index (χ2v) is 5.72. The lowest BCUT2D eigenvalue weighted by molar-refractivity contribution is 0.0696. The molecular weight excluding hydrogens is 292 g/mol. The number of rotatable bonds is 3. The number of fused-ring (bicyclic) bond motifs is 1. The summed E-state index contributed by atoms with van der Waals surface area (Å²) in [6.45, 7) is 2.35. The maximum absolute atomic E-state index is 12.7. The molecule has 3 rings (SSSR count). The molecule has 0 bridgehead atoms. The summed E-state index contributed by atoms with van der Waals surface area (Å²) in [7, 11) is 1.76. The van der Waals surface area contributed by atoms with Gasteiger partial charge in [-0.15, -0.1) is 0 Å². The van der Waals surface area contributed by atoms with Crippen LogP contribution in [-0.4, -0.2) is 29.1 Å². The first-order valence-corrected chi connectivity index (χ1v) is 7.44. The van der Waals surface area contributed by atoms with Crippen molar-refractivity contribution in [3.63, 3.8) is 0 Å². The third-order valence-corrected chi connectivity index (χ3v) is 4.32. The molecule has 118 valence electrons. The number of carboxylic acids is 1. The zero-order valence-electron chi connectivity index (χ0n) is 13.1. The summed E-state index contributed by atoms with van der Waals surface area (Å²) in [5.41, 5.74) is 2.80. The molecule has 1 aliphatic rings. The van der Waals surface area contributed by atoms with E-state index in [9.17, 15) is 14.7 Å². The highest BCUT2D eigenvalue weighted by atomic mass is 16.4. The van der Waals surface area contributed by atoms with Crippen LogP contribution in [0.15, 0.2) is 48.5 Å². The van der Waals surface area contributed by atoms with Crippen molar-refractivity contribution in [2.75, 3.05) is 11.9 Å². The topological polar surface area (TPSA) is 60.9 Å². The molecule has 5 heteroatoms. The Hall–Kier alpha value is -2.82. The summed E-state index contributed by atoms with van der Waals surface area (Å²) >= 11 is 0. The lowest BCUT2D eigenvalue weighted by Crippen LogP contribution is -2.46. The molecule has 2 aromatic carbocycles. The molecule has 0 unspecified atom stereocenters. The summed E-state index contributed by atoms with van der Waals surface area (Å²) in [6, 6.07) is 14.4. The first-order valence-electron chi connectivity index (χ1n) is 7.44. The average molecular weight is 310 g/mol. The first-order chi connectivity index (χ1) is 11.0. The predicted octanol–water partition coefficient (Wildman–Crippen LogP) is 3.52. The monoisotopic (exact) mass is 310 g/mol. The molecule has 0 radical (unpaired) electrons.